The van der Waals surface area contributed by atoms with Crippen LogP contribution in [0.1, 0.15) is 16.1 Å². The maximum atomic E-state index is 12.3. The third kappa shape index (κ3) is 3.80. The average molecular weight is 408 g/mol. The fraction of sp³-hybridized carbons (Fsp3) is 0.0588. The van der Waals surface area contributed by atoms with Crippen LogP contribution in [0.5, 0.6) is 0 Å². The van der Waals surface area contributed by atoms with E-state index in [1.54, 1.807) is 35.6 Å². The molecule has 0 aliphatic rings. The number of nitrogens with zero attached hydrogens (tertiary/aromatic N) is 1. The number of rotatable bonds is 3. The lowest BCUT2D eigenvalue weighted by molar-refractivity contribution is 0.102. The van der Waals surface area contributed by atoms with Crippen molar-refractivity contribution in [3.63, 3.8) is 0 Å². The first-order valence-electron chi connectivity index (χ1n) is 6.82. The van der Waals surface area contributed by atoms with Gasteiger partial charge in [0.2, 0.25) is 0 Å². The molecule has 3 nitrogen and oxygen atoms in total. The summed E-state index contributed by atoms with van der Waals surface area (Å²) in [6, 6.07) is 12.7. The van der Waals surface area contributed by atoms with Gasteiger partial charge >= 0.3 is 0 Å². The highest BCUT2D eigenvalue weighted by atomic mass is 79.9. The van der Waals surface area contributed by atoms with Crippen LogP contribution in [0.2, 0.25) is 5.02 Å². The fourth-order valence-electron chi connectivity index (χ4n) is 2.04. The Hall–Kier alpha value is -1.69. The number of halogens is 2. The van der Waals surface area contributed by atoms with Crippen LogP contribution in [0.25, 0.3) is 10.6 Å². The minimum Gasteiger partial charge on any atom is -0.321 e. The van der Waals surface area contributed by atoms with Crippen molar-refractivity contribution in [2.45, 2.75) is 6.92 Å². The van der Waals surface area contributed by atoms with E-state index in [1.165, 1.54) is 0 Å². The highest BCUT2D eigenvalue weighted by molar-refractivity contribution is 9.10. The molecule has 0 atom stereocenters. The van der Waals surface area contributed by atoms with Gasteiger partial charge in [0.1, 0.15) is 5.01 Å². The van der Waals surface area contributed by atoms with Crippen molar-refractivity contribution in [3.8, 4) is 10.6 Å². The summed E-state index contributed by atoms with van der Waals surface area (Å²) < 4.78 is 0.864. The lowest BCUT2D eigenvalue weighted by atomic mass is 10.1. The quantitative estimate of drug-likeness (QED) is 0.597. The van der Waals surface area contributed by atoms with Gasteiger partial charge < -0.3 is 5.32 Å². The number of nitrogens with one attached hydrogen (secondary N) is 1. The molecule has 3 aromatic rings. The molecule has 1 heterocycles. The Kier molecular flexibility index (Phi) is 4.80. The maximum absolute atomic E-state index is 12.3. The van der Waals surface area contributed by atoms with E-state index in [-0.39, 0.29) is 5.91 Å². The normalized spacial score (nSPS) is 10.6. The van der Waals surface area contributed by atoms with Gasteiger partial charge in [-0.1, -0.05) is 39.7 Å². The van der Waals surface area contributed by atoms with Crippen LogP contribution in [-0.4, -0.2) is 10.9 Å². The average Bonchev–Trinajstić information content (AvgIpc) is 2.97. The number of thiazole rings is 1. The molecule has 0 aliphatic heterocycles. The summed E-state index contributed by atoms with van der Waals surface area (Å²) in [5.74, 6) is -0.198. The van der Waals surface area contributed by atoms with Crippen molar-refractivity contribution in [3.05, 3.63) is 68.6 Å². The Bertz CT molecular complexity index is 861. The minimum absolute atomic E-state index is 0.198. The van der Waals surface area contributed by atoms with Gasteiger partial charge in [-0.2, -0.15) is 0 Å². The maximum Gasteiger partial charge on any atom is 0.255 e. The van der Waals surface area contributed by atoms with Crippen LogP contribution in [0, 0.1) is 6.92 Å². The number of amides is 1. The van der Waals surface area contributed by atoms with Crippen LogP contribution < -0.4 is 5.32 Å². The Labute approximate surface area is 151 Å². The number of hydrogen-bond donors (Lipinski definition) is 1. The van der Waals surface area contributed by atoms with Crippen molar-refractivity contribution in [1.29, 1.82) is 0 Å². The van der Waals surface area contributed by atoms with Crippen LogP contribution in [0.4, 0.5) is 5.69 Å². The number of anilines is 1. The van der Waals surface area contributed by atoms with Gasteiger partial charge in [0, 0.05) is 26.7 Å². The van der Waals surface area contributed by atoms with Gasteiger partial charge in [-0.05, 0) is 37.3 Å². The Morgan fingerprint density at radius 1 is 1.22 bits per heavy atom. The molecule has 23 heavy (non-hydrogen) atoms. The molecular weight excluding hydrogens is 396 g/mol. The Morgan fingerprint density at radius 2 is 1.96 bits per heavy atom. The second kappa shape index (κ2) is 6.83. The summed E-state index contributed by atoms with van der Waals surface area (Å²) in [7, 11) is 0. The van der Waals surface area contributed by atoms with Crippen LogP contribution in [0.15, 0.2) is 52.3 Å². The van der Waals surface area contributed by atoms with E-state index >= 15 is 0 Å². The smallest absolute Gasteiger partial charge is 0.255 e. The molecule has 3 rings (SSSR count). The largest absolute Gasteiger partial charge is 0.321 e. The number of benzene rings is 2. The first-order chi connectivity index (χ1) is 11.0. The molecule has 0 bridgehead atoms. The van der Waals surface area contributed by atoms with Gasteiger partial charge in [0.25, 0.3) is 5.91 Å². The zero-order chi connectivity index (χ0) is 16.4. The number of aromatic nitrogens is 1. The summed E-state index contributed by atoms with van der Waals surface area (Å²) in [6.07, 6.45) is 0. The van der Waals surface area contributed by atoms with Crippen molar-refractivity contribution >= 4 is 50.5 Å². The molecule has 6 heteroatoms. The molecule has 0 unspecified atom stereocenters. The van der Waals surface area contributed by atoms with Gasteiger partial charge in [0.05, 0.1) is 10.7 Å². The number of carbonyl (C=O) groups excluding carboxylic acids is 1. The summed E-state index contributed by atoms with van der Waals surface area (Å²) in [6.45, 7) is 1.96. The molecule has 0 radical (unpaired) electrons. The summed E-state index contributed by atoms with van der Waals surface area (Å²) in [4.78, 5) is 16.7. The van der Waals surface area contributed by atoms with E-state index < -0.39 is 0 Å². The van der Waals surface area contributed by atoms with E-state index in [0.717, 1.165) is 20.7 Å². The van der Waals surface area contributed by atoms with E-state index in [2.05, 4.69) is 26.2 Å². The highest BCUT2D eigenvalue weighted by Crippen LogP contribution is 2.27. The molecule has 116 valence electrons. The molecule has 0 fully saturated rings. The van der Waals surface area contributed by atoms with Crippen LogP contribution >= 0.6 is 38.9 Å². The number of aryl methyl sites for hydroxylation is 1. The second-order valence-electron chi connectivity index (χ2n) is 4.95. The Morgan fingerprint density at radius 3 is 2.57 bits per heavy atom. The first kappa shape index (κ1) is 16.2. The topological polar surface area (TPSA) is 42.0 Å². The van der Waals surface area contributed by atoms with E-state index in [0.29, 0.717) is 16.3 Å². The third-order valence-corrected chi connectivity index (χ3v) is 5.01. The third-order valence-electron chi connectivity index (χ3n) is 3.19. The Balaban J connectivity index is 1.77. The molecular formula is C17H12BrClN2OS. The fourth-order valence-corrected chi connectivity index (χ4v) is 3.56. The zero-order valence-corrected chi connectivity index (χ0v) is 15.3. The first-order valence-corrected chi connectivity index (χ1v) is 8.87. The summed E-state index contributed by atoms with van der Waals surface area (Å²) >= 11 is 11.0. The van der Waals surface area contributed by atoms with Crippen LogP contribution in [-0.2, 0) is 0 Å². The molecule has 1 aromatic heterocycles. The van der Waals surface area contributed by atoms with Crippen LogP contribution in [0.3, 0.4) is 0 Å². The van der Waals surface area contributed by atoms with Crippen molar-refractivity contribution < 1.29 is 4.79 Å². The summed E-state index contributed by atoms with van der Waals surface area (Å²) in [5, 5.41) is 6.26. The molecule has 1 amide bonds. The predicted molar refractivity (Wildman–Crippen MR) is 99.4 cm³/mol. The zero-order valence-electron chi connectivity index (χ0n) is 12.1. The summed E-state index contributed by atoms with van der Waals surface area (Å²) in [5.41, 5.74) is 3.15. The standard InChI is InChI=1S/C17H12BrClN2OS/c1-10-9-23-17(20-10)12-4-2-11(3-5-12)16(22)21-15-7-6-13(18)8-14(15)19/h2-9H,1H3,(H,21,22). The number of carbonyl (C=O) groups is 1. The molecule has 0 spiro atoms. The van der Waals surface area contributed by atoms with E-state index in [1.807, 2.05) is 30.5 Å². The molecule has 0 aliphatic carbocycles. The SMILES string of the molecule is Cc1csc(-c2ccc(C(=O)Nc3ccc(Br)cc3Cl)cc2)n1. The highest BCUT2D eigenvalue weighted by Gasteiger charge is 2.10. The van der Waals surface area contributed by atoms with Gasteiger partial charge in [-0.25, -0.2) is 4.98 Å². The van der Waals surface area contributed by atoms with Crippen molar-refractivity contribution in [1.82, 2.24) is 4.98 Å². The predicted octanol–water partition coefficient (Wildman–Crippen LogP) is 5.79. The monoisotopic (exact) mass is 406 g/mol. The van der Waals surface area contributed by atoms with Crippen molar-refractivity contribution in [2.24, 2.45) is 0 Å². The van der Waals surface area contributed by atoms with Gasteiger partial charge in [0.15, 0.2) is 0 Å². The molecule has 1 N–H and O–H groups in total. The lowest BCUT2D eigenvalue weighted by Gasteiger charge is -2.08. The second-order valence-corrected chi connectivity index (χ2v) is 7.13. The van der Waals surface area contributed by atoms with Gasteiger partial charge in [-0.3, -0.25) is 4.79 Å². The lowest BCUT2D eigenvalue weighted by Crippen LogP contribution is -2.12. The van der Waals surface area contributed by atoms with E-state index in [9.17, 15) is 4.79 Å². The molecule has 0 saturated carbocycles. The van der Waals surface area contributed by atoms with E-state index in [4.69, 9.17) is 11.6 Å². The van der Waals surface area contributed by atoms with Gasteiger partial charge in [-0.15, -0.1) is 11.3 Å². The molecule has 0 saturated heterocycles. The number of hydrogen-bond acceptors (Lipinski definition) is 3. The minimum atomic E-state index is -0.198. The molecule has 2 aromatic carbocycles. The van der Waals surface area contributed by atoms with Crippen molar-refractivity contribution in [2.75, 3.05) is 5.32 Å².